The zero-order valence-corrected chi connectivity index (χ0v) is 10.3. The normalized spacial score (nSPS) is 39.4. The van der Waals surface area contributed by atoms with Crippen LogP contribution in [0.25, 0.3) is 0 Å². The highest BCUT2D eigenvalue weighted by Crippen LogP contribution is 2.40. The molecular weight excluding hydrogens is 172 g/mol. The van der Waals surface area contributed by atoms with Crippen molar-refractivity contribution in [1.82, 2.24) is 0 Å². The van der Waals surface area contributed by atoms with Gasteiger partial charge in [0.1, 0.15) is 0 Å². The lowest BCUT2D eigenvalue weighted by Gasteiger charge is -2.41. The highest BCUT2D eigenvalue weighted by Gasteiger charge is 2.36. The Morgan fingerprint density at radius 1 is 1.00 bits per heavy atom. The molecule has 1 heteroatoms. The van der Waals surface area contributed by atoms with Gasteiger partial charge in [-0.2, -0.15) is 0 Å². The van der Waals surface area contributed by atoms with E-state index < -0.39 is 0 Å². The van der Waals surface area contributed by atoms with Gasteiger partial charge in [0.15, 0.2) is 0 Å². The molecule has 0 aliphatic heterocycles. The predicted octanol–water partition coefficient (Wildman–Crippen LogP) is 3.32. The fourth-order valence-electron chi connectivity index (χ4n) is 2.89. The van der Waals surface area contributed by atoms with Gasteiger partial charge in [0.05, 0.1) is 6.10 Å². The molecule has 0 aromatic rings. The van der Waals surface area contributed by atoms with Crippen molar-refractivity contribution in [1.29, 1.82) is 0 Å². The minimum absolute atomic E-state index is 0.0662. The molecular formula is C13H26O. The third kappa shape index (κ3) is 2.50. The molecule has 1 N–H and O–H groups in total. The van der Waals surface area contributed by atoms with Gasteiger partial charge in [0.2, 0.25) is 0 Å². The standard InChI is InChI=1S/C13H26O/c1-8(2)11-6-12(9(3)4)10(5)13(14)7-11/h8-14H,6-7H2,1-5H3/t10-,11-,12+,13-/m0/s1. The Balaban J connectivity index is 2.66. The van der Waals surface area contributed by atoms with Crippen molar-refractivity contribution < 1.29 is 5.11 Å². The van der Waals surface area contributed by atoms with E-state index in [0.29, 0.717) is 17.8 Å². The van der Waals surface area contributed by atoms with Gasteiger partial charge in [-0.3, -0.25) is 0 Å². The summed E-state index contributed by atoms with van der Waals surface area (Å²) in [6, 6.07) is 0. The van der Waals surface area contributed by atoms with Crippen molar-refractivity contribution in [2.75, 3.05) is 0 Å². The Morgan fingerprint density at radius 3 is 2.00 bits per heavy atom. The first-order chi connectivity index (χ1) is 6.43. The van der Waals surface area contributed by atoms with Crippen LogP contribution in [0.2, 0.25) is 0 Å². The average molecular weight is 198 g/mol. The second-order valence-corrected chi connectivity index (χ2v) is 5.81. The molecule has 1 aliphatic carbocycles. The van der Waals surface area contributed by atoms with Crippen molar-refractivity contribution in [2.45, 2.75) is 53.6 Å². The summed E-state index contributed by atoms with van der Waals surface area (Å²) >= 11 is 0. The number of rotatable bonds is 2. The fourth-order valence-corrected chi connectivity index (χ4v) is 2.89. The van der Waals surface area contributed by atoms with Gasteiger partial charge in [-0.1, -0.05) is 34.6 Å². The molecule has 1 rings (SSSR count). The topological polar surface area (TPSA) is 20.2 Å². The van der Waals surface area contributed by atoms with Crippen LogP contribution in [0.1, 0.15) is 47.5 Å². The first-order valence-electron chi connectivity index (χ1n) is 6.11. The Kier molecular flexibility index (Phi) is 4.00. The van der Waals surface area contributed by atoms with E-state index in [0.717, 1.165) is 18.3 Å². The van der Waals surface area contributed by atoms with Crippen LogP contribution >= 0.6 is 0 Å². The monoisotopic (exact) mass is 198 g/mol. The summed E-state index contributed by atoms with van der Waals surface area (Å²) in [4.78, 5) is 0. The van der Waals surface area contributed by atoms with Crippen molar-refractivity contribution in [2.24, 2.45) is 29.6 Å². The molecule has 0 aromatic heterocycles. The molecule has 14 heavy (non-hydrogen) atoms. The molecule has 0 radical (unpaired) electrons. The number of aliphatic hydroxyl groups excluding tert-OH is 1. The molecule has 0 aromatic carbocycles. The maximum atomic E-state index is 10.0. The van der Waals surface area contributed by atoms with E-state index in [1.54, 1.807) is 0 Å². The molecule has 0 bridgehead atoms. The lowest BCUT2D eigenvalue weighted by Crippen LogP contribution is -2.38. The maximum absolute atomic E-state index is 10.0. The molecule has 1 fully saturated rings. The average Bonchev–Trinajstić information content (AvgIpc) is 2.08. The van der Waals surface area contributed by atoms with E-state index in [4.69, 9.17) is 0 Å². The summed E-state index contributed by atoms with van der Waals surface area (Å²) in [7, 11) is 0. The fraction of sp³-hybridized carbons (Fsp3) is 1.00. The van der Waals surface area contributed by atoms with E-state index in [-0.39, 0.29) is 6.10 Å². The van der Waals surface area contributed by atoms with Gasteiger partial charge < -0.3 is 5.11 Å². The van der Waals surface area contributed by atoms with Crippen LogP contribution in [-0.2, 0) is 0 Å². The van der Waals surface area contributed by atoms with E-state index in [2.05, 4.69) is 34.6 Å². The Hall–Kier alpha value is -0.0400. The second kappa shape index (κ2) is 4.65. The van der Waals surface area contributed by atoms with Crippen LogP contribution in [0.5, 0.6) is 0 Å². The summed E-state index contributed by atoms with van der Waals surface area (Å²) in [5.41, 5.74) is 0. The van der Waals surface area contributed by atoms with Gasteiger partial charge in [0.25, 0.3) is 0 Å². The number of hydrogen-bond acceptors (Lipinski definition) is 1. The summed E-state index contributed by atoms with van der Waals surface area (Å²) in [6.45, 7) is 11.4. The molecule has 4 atom stereocenters. The molecule has 84 valence electrons. The van der Waals surface area contributed by atoms with Gasteiger partial charge in [-0.25, -0.2) is 0 Å². The maximum Gasteiger partial charge on any atom is 0.0571 e. The molecule has 1 nitrogen and oxygen atoms in total. The SMILES string of the molecule is CC(C)[C@H]1C[C@H](C(C)C)[C@H](C)[C@@H](O)C1. The van der Waals surface area contributed by atoms with Crippen LogP contribution < -0.4 is 0 Å². The Labute approximate surface area is 88.9 Å². The Bertz CT molecular complexity index is 174. The summed E-state index contributed by atoms with van der Waals surface area (Å²) in [6.07, 6.45) is 2.26. The number of hydrogen-bond donors (Lipinski definition) is 1. The summed E-state index contributed by atoms with van der Waals surface area (Å²) in [5.74, 6) is 3.37. The molecule has 1 aliphatic rings. The minimum atomic E-state index is -0.0662. The smallest absolute Gasteiger partial charge is 0.0571 e. The van der Waals surface area contributed by atoms with Gasteiger partial charge in [-0.05, 0) is 42.4 Å². The van der Waals surface area contributed by atoms with E-state index >= 15 is 0 Å². The molecule has 0 amide bonds. The zero-order chi connectivity index (χ0) is 10.9. The summed E-state index contributed by atoms with van der Waals surface area (Å²) < 4.78 is 0. The lowest BCUT2D eigenvalue weighted by atomic mass is 9.66. The third-order valence-corrected chi connectivity index (χ3v) is 4.20. The van der Waals surface area contributed by atoms with E-state index in [1.165, 1.54) is 6.42 Å². The highest BCUT2D eigenvalue weighted by molar-refractivity contribution is 4.86. The lowest BCUT2D eigenvalue weighted by molar-refractivity contribution is -0.0112. The first-order valence-corrected chi connectivity index (χ1v) is 6.11. The third-order valence-electron chi connectivity index (χ3n) is 4.20. The van der Waals surface area contributed by atoms with E-state index in [1.807, 2.05) is 0 Å². The van der Waals surface area contributed by atoms with Crippen LogP contribution in [0, 0.1) is 29.6 Å². The molecule has 1 saturated carbocycles. The van der Waals surface area contributed by atoms with Crippen LogP contribution in [0.4, 0.5) is 0 Å². The molecule has 0 unspecified atom stereocenters. The molecule has 0 saturated heterocycles. The molecule has 0 heterocycles. The van der Waals surface area contributed by atoms with Crippen molar-refractivity contribution in [3.63, 3.8) is 0 Å². The van der Waals surface area contributed by atoms with Gasteiger partial charge in [0, 0.05) is 0 Å². The minimum Gasteiger partial charge on any atom is -0.393 e. The van der Waals surface area contributed by atoms with Crippen LogP contribution in [0.3, 0.4) is 0 Å². The van der Waals surface area contributed by atoms with Crippen molar-refractivity contribution >= 4 is 0 Å². The zero-order valence-electron chi connectivity index (χ0n) is 10.3. The number of aliphatic hydroxyl groups is 1. The Morgan fingerprint density at radius 2 is 1.57 bits per heavy atom. The first kappa shape index (κ1) is 12.0. The largest absolute Gasteiger partial charge is 0.393 e. The predicted molar refractivity (Wildman–Crippen MR) is 61.1 cm³/mol. The summed E-state index contributed by atoms with van der Waals surface area (Å²) in [5, 5.41) is 10.0. The quantitative estimate of drug-likeness (QED) is 0.721. The second-order valence-electron chi connectivity index (χ2n) is 5.81. The highest BCUT2D eigenvalue weighted by atomic mass is 16.3. The van der Waals surface area contributed by atoms with Crippen molar-refractivity contribution in [3.8, 4) is 0 Å². The van der Waals surface area contributed by atoms with E-state index in [9.17, 15) is 5.11 Å². The van der Waals surface area contributed by atoms with Gasteiger partial charge in [-0.15, -0.1) is 0 Å². The van der Waals surface area contributed by atoms with Gasteiger partial charge >= 0.3 is 0 Å². The van der Waals surface area contributed by atoms with Crippen LogP contribution in [-0.4, -0.2) is 11.2 Å². The molecule has 0 spiro atoms. The van der Waals surface area contributed by atoms with Crippen LogP contribution in [0.15, 0.2) is 0 Å². The van der Waals surface area contributed by atoms with Crippen molar-refractivity contribution in [3.05, 3.63) is 0 Å².